The van der Waals surface area contributed by atoms with Crippen LogP contribution in [0.15, 0.2) is 27.4 Å². The highest BCUT2D eigenvalue weighted by molar-refractivity contribution is 9.10. The molecule has 0 fully saturated rings. The van der Waals surface area contributed by atoms with Gasteiger partial charge >= 0.3 is 0 Å². The van der Waals surface area contributed by atoms with Gasteiger partial charge in [-0.15, -0.1) is 0 Å². The van der Waals surface area contributed by atoms with Crippen molar-refractivity contribution in [3.63, 3.8) is 0 Å². The average molecular weight is 354 g/mol. The van der Waals surface area contributed by atoms with Crippen molar-refractivity contribution in [3.8, 4) is 11.5 Å². The first-order valence-electron chi connectivity index (χ1n) is 6.54. The molecule has 1 aliphatic heterocycles. The summed E-state index contributed by atoms with van der Waals surface area (Å²) >= 11 is 5.28. The second-order valence-electron chi connectivity index (χ2n) is 4.86. The van der Waals surface area contributed by atoms with Gasteiger partial charge in [0.15, 0.2) is 11.5 Å². The number of aryl methyl sites for hydroxylation is 1. The minimum absolute atomic E-state index is 0.159. The lowest BCUT2D eigenvalue weighted by molar-refractivity contribution is 0.297. The summed E-state index contributed by atoms with van der Waals surface area (Å²) in [5, 5.41) is 4.22. The van der Waals surface area contributed by atoms with Crippen LogP contribution in [0.25, 0.3) is 0 Å². The summed E-state index contributed by atoms with van der Waals surface area (Å²) in [6, 6.07) is 3.79. The molecule has 5 heteroatoms. The van der Waals surface area contributed by atoms with Crippen LogP contribution in [0, 0.1) is 6.92 Å². The molecule has 106 valence electrons. The maximum atomic E-state index is 6.41. The molecular weight excluding hydrogens is 338 g/mol. The first-order valence-corrected chi connectivity index (χ1v) is 8.27. The zero-order valence-corrected chi connectivity index (χ0v) is 13.6. The van der Waals surface area contributed by atoms with Gasteiger partial charge in [0, 0.05) is 10.9 Å². The van der Waals surface area contributed by atoms with Gasteiger partial charge in [-0.1, -0.05) is 15.9 Å². The summed E-state index contributed by atoms with van der Waals surface area (Å²) in [7, 11) is 0. The molecule has 0 radical (unpaired) electrons. The number of hydrogen-bond donors (Lipinski definition) is 1. The fraction of sp³-hybridized carbons (Fsp3) is 0.333. The quantitative estimate of drug-likeness (QED) is 0.886. The SMILES string of the molecule is Cc1cscc1C(N)c1cc2c(cc1Br)OCCCO2. The van der Waals surface area contributed by atoms with Crippen molar-refractivity contribution in [2.45, 2.75) is 19.4 Å². The predicted molar refractivity (Wildman–Crippen MR) is 84.8 cm³/mol. The van der Waals surface area contributed by atoms with E-state index in [0.717, 1.165) is 33.5 Å². The molecule has 1 aromatic carbocycles. The molecule has 2 heterocycles. The van der Waals surface area contributed by atoms with Crippen molar-refractivity contribution in [3.05, 3.63) is 44.1 Å². The first kappa shape index (κ1) is 13.9. The highest BCUT2D eigenvalue weighted by atomic mass is 79.9. The minimum atomic E-state index is -0.159. The van der Waals surface area contributed by atoms with Crippen LogP contribution in [0.2, 0.25) is 0 Å². The third-order valence-electron chi connectivity index (χ3n) is 3.43. The van der Waals surface area contributed by atoms with Crippen LogP contribution in [-0.2, 0) is 0 Å². The summed E-state index contributed by atoms with van der Waals surface area (Å²) in [4.78, 5) is 0. The minimum Gasteiger partial charge on any atom is -0.490 e. The molecule has 1 aromatic heterocycles. The lowest BCUT2D eigenvalue weighted by Gasteiger charge is -2.17. The number of rotatable bonds is 2. The van der Waals surface area contributed by atoms with E-state index in [4.69, 9.17) is 15.2 Å². The third-order valence-corrected chi connectivity index (χ3v) is 5.00. The summed E-state index contributed by atoms with van der Waals surface area (Å²) in [5.41, 5.74) is 9.82. The summed E-state index contributed by atoms with van der Waals surface area (Å²) in [6.45, 7) is 3.46. The Balaban J connectivity index is 2.01. The molecule has 3 rings (SSSR count). The molecule has 1 unspecified atom stereocenters. The van der Waals surface area contributed by atoms with Gasteiger partial charge in [0.2, 0.25) is 0 Å². The van der Waals surface area contributed by atoms with Gasteiger partial charge in [-0.25, -0.2) is 0 Å². The lowest BCUT2D eigenvalue weighted by Crippen LogP contribution is -2.13. The molecule has 0 bridgehead atoms. The van der Waals surface area contributed by atoms with Crippen LogP contribution in [0.3, 0.4) is 0 Å². The predicted octanol–water partition coefficient (Wildman–Crippen LogP) is 4.03. The second-order valence-corrected chi connectivity index (χ2v) is 6.46. The monoisotopic (exact) mass is 353 g/mol. The van der Waals surface area contributed by atoms with E-state index in [1.807, 2.05) is 12.1 Å². The molecule has 20 heavy (non-hydrogen) atoms. The third kappa shape index (κ3) is 2.57. The fourth-order valence-corrected chi connectivity index (χ4v) is 3.75. The van der Waals surface area contributed by atoms with Crippen LogP contribution in [0.4, 0.5) is 0 Å². The van der Waals surface area contributed by atoms with E-state index in [9.17, 15) is 0 Å². The van der Waals surface area contributed by atoms with Crippen LogP contribution < -0.4 is 15.2 Å². The summed E-state index contributed by atoms with van der Waals surface area (Å²) in [6.07, 6.45) is 0.900. The summed E-state index contributed by atoms with van der Waals surface area (Å²) in [5.74, 6) is 1.57. The topological polar surface area (TPSA) is 44.5 Å². The Morgan fingerprint density at radius 3 is 2.50 bits per heavy atom. The normalized spacial score (nSPS) is 15.8. The maximum absolute atomic E-state index is 6.41. The van der Waals surface area contributed by atoms with E-state index in [1.54, 1.807) is 11.3 Å². The standard InChI is InChI=1S/C15H16BrNO2S/c1-9-7-20-8-11(9)15(17)10-5-13-14(6-12(10)16)19-4-2-3-18-13/h5-8,15H,2-4,17H2,1H3. The molecule has 2 N–H and O–H groups in total. The number of thiophene rings is 1. The lowest BCUT2D eigenvalue weighted by atomic mass is 9.99. The van der Waals surface area contributed by atoms with Gasteiger partial charge in [-0.05, 0) is 46.5 Å². The van der Waals surface area contributed by atoms with E-state index in [2.05, 4.69) is 33.6 Å². The molecule has 0 spiro atoms. The molecule has 2 aromatic rings. The average Bonchev–Trinajstić information content (AvgIpc) is 2.72. The molecule has 1 atom stereocenters. The zero-order valence-electron chi connectivity index (χ0n) is 11.2. The highest BCUT2D eigenvalue weighted by Gasteiger charge is 2.20. The molecule has 0 aliphatic carbocycles. The van der Waals surface area contributed by atoms with E-state index >= 15 is 0 Å². The second kappa shape index (κ2) is 5.76. The van der Waals surface area contributed by atoms with Crippen LogP contribution in [-0.4, -0.2) is 13.2 Å². The van der Waals surface area contributed by atoms with Crippen LogP contribution in [0.1, 0.15) is 29.2 Å². The Bertz CT molecular complexity index is 626. The van der Waals surface area contributed by atoms with Crippen molar-refractivity contribution in [1.29, 1.82) is 0 Å². The maximum Gasteiger partial charge on any atom is 0.162 e. The van der Waals surface area contributed by atoms with Crippen molar-refractivity contribution in [2.24, 2.45) is 5.73 Å². The van der Waals surface area contributed by atoms with Gasteiger partial charge in [0.25, 0.3) is 0 Å². The van der Waals surface area contributed by atoms with Gasteiger partial charge in [0.1, 0.15) is 0 Å². The summed E-state index contributed by atoms with van der Waals surface area (Å²) < 4.78 is 12.4. The Hall–Kier alpha value is -1.04. The van der Waals surface area contributed by atoms with Gasteiger partial charge in [-0.3, -0.25) is 0 Å². The van der Waals surface area contributed by atoms with Gasteiger partial charge in [-0.2, -0.15) is 11.3 Å². The molecule has 3 nitrogen and oxygen atoms in total. The smallest absolute Gasteiger partial charge is 0.162 e. The Morgan fingerprint density at radius 2 is 1.85 bits per heavy atom. The first-order chi connectivity index (χ1) is 9.66. The molecule has 1 aliphatic rings. The number of hydrogen-bond acceptors (Lipinski definition) is 4. The molecule has 0 amide bonds. The van der Waals surface area contributed by atoms with Crippen molar-refractivity contribution in [1.82, 2.24) is 0 Å². The molecule has 0 saturated heterocycles. The number of fused-ring (bicyclic) bond motifs is 1. The van der Waals surface area contributed by atoms with Crippen molar-refractivity contribution in [2.75, 3.05) is 13.2 Å². The van der Waals surface area contributed by atoms with E-state index in [0.29, 0.717) is 13.2 Å². The zero-order chi connectivity index (χ0) is 14.1. The van der Waals surface area contributed by atoms with E-state index < -0.39 is 0 Å². The Morgan fingerprint density at radius 1 is 1.15 bits per heavy atom. The fourth-order valence-electron chi connectivity index (χ4n) is 2.29. The number of nitrogens with two attached hydrogens (primary N) is 1. The molecule has 0 saturated carbocycles. The van der Waals surface area contributed by atoms with Crippen molar-refractivity contribution < 1.29 is 9.47 Å². The van der Waals surface area contributed by atoms with E-state index in [1.165, 1.54) is 5.56 Å². The molecular formula is C15H16BrNO2S. The number of benzene rings is 1. The van der Waals surface area contributed by atoms with Crippen LogP contribution in [0.5, 0.6) is 11.5 Å². The van der Waals surface area contributed by atoms with Crippen molar-refractivity contribution >= 4 is 27.3 Å². The van der Waals surface area contributed by atoms with E-state index in [-0.39, 0.29) is 6.04 Å². The Kier molecular flexibility index (Phi) is 4.01. The van der Waals surface area contributed by atoms with Gasteiger partial charge in [0.05, 0.1) is 19.3 Å². The van der Waals surface area contributed by atoms with Crippen LogP contribution >= 0.6 is 27.3 Å². The Labute approximate surface area is 130 Å². The van der Waals surface area contributed by atoms with Gasteiger partial charge < -0.3 is 15.2 Å². The number of ether oxygens (including phenoxy) is 2. The number of halogens is 1. The highest BCUT2D eigenvalue weighted by Crippen LogP contribution is 2.39. The largest absolute Gasteiger partial charge is 0.490 e.